The average molecular weight is 365 g/mol. The Hall–Kier alpha value is -2.23. The van der Waals surface area contributed by atoms with E-state index in [1.807, 2.05) is 12.1 Å². The van der Waals surface area contributed by atoms with Gasteiger partial charge in [-0.3, -0.25) is 4.90 Å². The van der Waals surface area contributed by atoms with Crippen LogP contribution in [0.3, 0.4) is 0 Å². The number of fused-ring (bicyclic) bond motifs is 1. The van der Waals surface area contributed by atoms with E-state index in [4.69, 9.17) is 4.74 Å². The summed E-state index contributed by atoms with van der Waals surface area (Å²) in [6.45, 7) is 6.43. The van der Waals surface area contributed by atoms with Gasteiger partial charge in [0.1, 0.15) is 12.1 Å². The molecule has 1 aromatic heterocycles. The Labute approximate surface area is 160 Å². The van der Waals surface area contributed by atoms with Gasteiger partial charge in [-0.2, -0.15) is 5.26 Å². The lowest BCUT2D eigenvalue weighted by atomic mass is 9.89. The van der Waals surface area contributed by atoms with E-state index in [0.717, 1.165) is 42.7 Å². The normalized spacial score (nSPS) is 29.4. The molecule has 1 aromatic carbocycles. The predicted molar refractivity (Wildman–Crippen MR) is 106 cm³/mol. The molecule has 0 spiro atoms. The van der Waals surface area contributed by atoms with Gasteiger partial charge in [0, 0.05) is 30.6 Å². The molecule has 1 N–H and O–H groups in total. The number of hydrogen-bond donors (Lipinski definition) is 1. The minimum atomic E-state index is 0.325. The predicted octanol–water partition coefficient (Wildman–Crippen LogP) is 3.33. The van der Waals surface area contributed by atoms with E-state index in [1.54, 1.807) is 12.4 Å². The number of nitriles is 1. The van der Waals surface area contributed by atoms with Crippen LogP contribution in [0.25, 0.3) is 10.9 Å². The number of morpholine rings is 1. The fourth-order valence-electron chi connectivity index (χ4n) is 4.54. The molecule has 0 radical (unpaired) electrons. The number of aromatic nitrogens is 2. The quantitative estimate of drug-likeness (QED) is 0.899. The maximum Gasteiger partial charge on any atom is 0.137 e. The zero-order valence-electron chi connectivity index (χ0n) is 16.1. The monoisotopic (exact) mass is 365 g/mol. The van der Waals surface area contributed by atoms with E-state index < -0.39 is 0 Å². The van der Waals surface area contributed by atoms with Crippen molar-refractivity contribution in [2.75, 3.05) is 18.4 Å². The standard InChI is InChI=1S/C21H27N5O/c1-14-11-26(12-15(2)27-14)18-6-4-17(5-7-18)25-21-19-9-16(10-22)3-8-20(19)23-13-24-21/h3,8-9,13-15,17-18H,4-7,11-12H2,1-2H3,(H,23,24,25). The molecule has 1 aliphatic carbocycles. The van der Waals surface area contributed by atoms with Crippen LogP contribution in [0, 0.1) is 11.3 Å². The van der Waals surface area contributed by atoms with Gasteiger partial charge in [0.15, 0.2) is 0 Å². The molecule has 6 nitrogen and oxygen atoms in total. The third-order valence-electron chi connectivity index (χ3n) is 5.77. The second-order valence-corrected chi connectivity index (χ2v) is 7.93. The number of nitrogens with zero attached hydrogens (tertiary/aromatic N) is 4. The van der Waals surface area contributed by atoms with E-state index in [1.165, 1.54) is 12.8 Å². The molecule has 2 fully saturated rings. The van der Waals surface area contributed by atoms with Crippen LogP contribution in [-0.2, 0) is 4.74 Å². The Morgan fingerprint density at radius 1 is 1.11 bits per heavy atom. The summed E-state index contributed by atoms with van der Waals surface area (Å²) < 4.78 is 5.88. The summed E-state index contributed by atoms with van der Waals surface area (Å²) in [4.78, 5) is 11.4. The van der Waals surface area contributed by atoms with E-state index in [-0.39, 0.29) is 0 Å². The van der Waals surface area contributed by atoms with Gasteiger partial charge in [-0.15, -0.1) is 0 Å². The molecule has 2 heterocycles. The maximum atomic E-state index is 9.17. The van der Waals surface area contributed by atoms with Crippen LogP contribution in [0.2, 0.25) is 0 Å². The summed E-state index contributed by atoms with van der Waals surface area (Å²) in [7, 11) is 0. The second kappa shape index (κ2) is 7.79. The largest absolute Gasteiger partial charge is 0.373 e. The molecular formula is C21H27N5O. The summed E-state index contributed by atoms with van der Waals surface area (Å²) in [6, 6.07) is 8.84. The van der Waals surface area contributed by atoms with E-state index in [9.17, 15) is 5.26 Å². The number of nitrogens with one attached hydrogen (secondary N) is 1. The minimum absolute atomic E-state index is 0.325. The van der Waals surface area contributed by atoms with Gasteiger partial charge in [0.2, 0.25) is 0 Å². The van der Waals surface area contributed by atoms with Crippen molar-refractivity contribution in [3.8, 4) is 6.07 Å². The lowest BCUT2D eigenvalue weighted by Gasteiger charge is -2.43. The number of anilines is 1. The van der Waals surface area contributed by atoms with Crippen molar-refractivity contribution in [2.45, 2.75) is 63.8 Å². The first-order chi connectivity index (χ1) is 13.1. The Bertz CT molecular complexity index is 830. The average Bonchev–Trinajstić information content (AvgIpc) is 2.68. The lowest BCUT2D eigenvalue weighted by Crippen LogP contribution is -2.51. The summed E-state index contributed by atoms with van der Waals surface area (Å²) in [5, 5.41) is 13.7. The van der Waals surface area contributed by atoms with E-state index >= 15 is 0 Å². The molecule has 0 bridgehead atoms. The summed E-state index contributed by atoms with van der Waals surface area (Å²) in [6.07, 6.45) is 6.91. The summed E-state index contributed by atoms with van der Waals surface area (Å²) >= 11 is 0. The zero-order chi connectivity index (χ0) is 18.8. The number of ether oxygens (including phenoxy) is 1. The first kappa shape index (κ1) is 18.1. The van der Waals surface area contributed by atoms with Gasteiger partial charge in [-0.1, -0.05) is 0 Å². The van der Waals surface area contributed by atoms with Crippen molar-refractivity contribution in [2.24, 2.45) is 0 Å². The fourth-order valence-corrected chi connectivity index (χ4v) is 4.54. The third kappa shape index (κ3) is 4.05. The van der Waals surface area contributed by atoms with Crippen molar-refractivity contribution in [1.82, 2.24) is 14.9 Å². The topological polar surface area (TPSA) is 74.1 Å². The third-order valence-corrected chi connectivity index (χ3v) is 5.77. The molecule has 2 aliphatic rings. The highest BCUT2D eigenvalue weighted by molar-refractivity contribution is 5.89. The van der Waals surface area contributed by atoms with Crippen molar-refractivity contribution < 1.29 is 4.74 Å². The van der Waals surface area contributed by atoms with Gasteiger partial charge in [0.25, 0.3) is 0 Å². The van der Waals surface area contributed by atoms with Crippen LogP contribution in [-0.4, -0.2) is 52.2 Å². The fraction of sp³-hybridized carbons (Fsp3) is 0.571. The first-order valence-electron chi connectivity index (χ1n) is 9.93. The van der Waals surface area contributed by atoms with Crippen LogP contribution < -0.4 is 5.32 Å². The molecule has 1 aliphatic heterocycles. The van der Waals surface area contributed by atoms with Gasteiger partial charge in [-0.25, -0.2) is 9.97 Å². The van der Waals surface area contributed by atoms with Crippen molar-refractivity contribution in [3.63, 3.8) is 0 Å². The summed E-state index contributed by atoms with van der Waals surface area (Å²) in [5.74, 6) is 0.842. The molecule has 2 aromatic rings. The van der Waals surface area contributed by atoms with E-state index in [2.05, 4.69) is 40.1 Å². The molecule has 1 saturated carbocycles. The minimum Gasteiger partial charge on any atom is -0.373 e. The molecule has 0 amide bonds. The number of hydrogen-bond acceptors (Lipinski definition) is 6. The van der Waals surface area contributed by atoms with Crippen LogP contribution in [0.1, 0.15) is 45.1 Å². The molecule has 142 valence electrons. The van der Waals surface area contributed by atoms with Crippen LogP contribution >= 0.6 is 0 Å². The molecule has 27 heavy (non-hydrogen) atoms. The highest BCUT2D eigenvalue weighted by Crippen LogP contribution is 2.29. The Morgan fingerprint density at radius 3 is 2.56 bits per heavy atom. The van der Waals surface area contributed by atoms with E-state index in [0.29, 0.717) is 29.9 Å². The van der Waals surface area contributed by atoms with Crippen LogP contribution in [0.4, 0.5) is 5.82 Å². The first-order valence-corrected chi connectivity index (χ1v) is 9.93. The van der Waals surface area contributed by atoms with Gasteiger partial charge in [-0.05, 0) is 57.7 Å². The molecule has 2 unspecified atom stereocenters. The highest BCUT2D eigenvalue weighted by Gasteiger charge is 2.31. The van der Waals surface area contributed by atoms with Gasteiger partial charge >= 0.3 is 0 Å². The highest BCUT2D eigenvalue weighted by atomic mass is 16.5. The SMILES string of the molecule is CC1CN(C2CCC(Nc3ncnc4ccc(C#N)cc34)CC2)CC(C)O1. The summed E-state index contributed by atoms with van der Waals surface area (Å²) in [5.41, 5.74) is 1.51. The van der Waals surface area contributed by atoms with Gasteiger partial charge < -0.3 is 10.1 Å². The van der Waals surface area contributed by atoms with Crippen molar-refractivity contribution in [3.05, 3.63) is 30.1 Å². The lowest BCUT2D eigenvalue weighted by molar-refractivity contribution is -0.0842. The number of rotatable bonds is 3. The maximum absolute atomic E-state index is 9.17. The van der Waals surface area contributed by atoms with Crippen LogP contribution in [0.5, 0.6) is 0 Å². The molecular weight excluding hydrogens is 338 g/mol. The van der Waals surface area contributed by atoms with Crippen LogP contribution in [0.15, 0.2) is 24.5 Å². The smallest absolute Gasteiger partial charge is 0.137 e. The Balaban J connectivity index is 1.41. The number of benzene rings is 1. The Kier molecular flexibility index (Phi) is 5.24. The zero-order valence-corrected chi connectivity index (χ0v) is 16.1. The molecule has 2 atom stereocenters. The van der Waals surface area contributed by atoms with Crippen molar-refractivity contribution >= 4 is 16.7 Å². The second-order valence-electron chi connectivity index (χ2n) is 7.93. The molecule has 1 saturated heterocycles. The Morgan fingerprint density at radius 2 is 1.85 bits per heavy atom. The van der Waals surface area contributed by atoms with Gasteiger partial charge in [0.05, 0.1) is 29.4 Å². The molecule has 6 heteroatoms. The van der Waals surface area contributed by atoms with Crippen molar-refractivity contribution in [1.29, 1.82) is 5.26 Å². The molecule has 4 rings (SSSR count).